The molecule has 0 radical (unpaired) electrons. The van der Waals surface area contributed by atoms with Crippen LogP contribution in [0.3, 0.4) is 0 Å². The van der Waals surface area contributed by atoms with Gasteiger partial charge in [0.15, 0.2) is 0 Å². The van der Waals surface area contributed by atoms with Crippen LogP contribution in [-0.4, -0.2) is 24.0 Å². The van der Waals surface area contributed by atoms with E-state index >= 15 is 0 Å². The molecular weight excluding hydrogens is 242 g/mol. The standard InChI is InChI=1S/C19H29N/c1-15(2)20-13-6-9-17(12-14-20)19-11-5-8-16-7-3-4-10-18(16)19/h3-4,7,10,15,17,19H,5-6,8-9,11-14H2,1-2H3/t17-,19?/m0/s1. The summed E-state index contributed by atoms with van der Waals surface area (Å²) < 4.78 is 0. The van der Waals surface area contributed by atoms with E-state index in [0.717, 1.165) is 11.8 Å². The first-order valence-corrected chi connectivity index (χ1v) is 8.57. The number of likely N-dealkylation sites (tertiary alicyclic amines) is 1. The SMILES string of the molecule is CC(C)N1CCC[C@H](C2CCCc3ccccc32)CC1. The second kappa shape index (κ2) is 6.30. The lowest BCUT2D eigenvalue weighted by Crippen LogP contribution is -2.32. The van der Waals surface area contributed by atoms with Gasteiger partial charge in [0.25, 0.3) is 0 Å². The first-order valence-electron chi connectivity index (χ1n) is 8.57. The van der Waals surface area contributed by atoms with Gasteiger partial charge in [-0.05, 0) is 88.4 Å². The zero-order valence-electron chi connectivity index (χ0n) is 13.1. The third kappa shape index (κ3) is 2.93. The molecule has 1 aliphatic carbocycles. The highest BCUT2D eigenvalue weighted by Crippen LogP contribution is 2.41. The summed E-state index contributed by atoms with van der Waals surface area (Å²) in [7, 11) is 0. The summed E-state index contributed by atoms with van der Waals surface area (Å²) in [5.41, 5.74) is 3.32. The van der Waals surface area contributed by atoms with Crippen molar-refractivity contribution in [3.8, 4) is 0 Å². The predicted octanol–water partition coefficient (Wildman–Crippen LogP) is 4.62. The Morgan fingerprint density at radius 1 is 1.00 bits per heavy atom. The average molecular weight is 271 g/mol. The van der Waals surface area contributed by atoms with Crippen LogP contribution in [0.15, 0.2) is 24.3 Å². The molecule has 1 aromatic carbocycles. The monoisotopic (exact) mass is 271 g/mol. The molecule has 1 unspecified atom stereocenters. The summed E-state index contributed by atoms with van der Waals surface area (Å²) in [6.45, 7) is 7.30. The van der Waals surface area contributed by atoms with E-state index in [4.69, 9.17) is 0 Å². The molecule has 3 rings (SSSR count). The summed E-state index contributed by atoms with van der Waals surface area (Å²) in [5, 5.41) is 0. The smallest absolute Gasteiger partial charge is 0.00385 e. The maximum absolute atomic E-state index is 2.68. The molecule has 2 atom stereocenters. The highest BCUT2D eigenvalue weighted by molar-refractivity contribution is 5.33. The highest BCUT2D eigenvalue weighted by Gasteiger charge is 2.29. The Kier molecular flexibility index (Phi) is 4.45. The Hall–Kier alpha value is -0.820. The van der Waals surface area contributed by atoms with Gasteiger partial charge in [-0.3, -0.25) is 0 Å². The van der Waals surface area contributed by atoms with Crippen molar-refractivity contribution in [3.63, 3.8) is 0 Å². The molecule has 0 bridgehead atoms. The number of rotatable bonds is 2. The maximum Gasteiger partial charge on any atom is 0.00385 e. The quantitative estimate of drug-likeness (QED) is 0.759. The molecule has 2 aliphatic rings. The fourth-order valence-corrected chi connectivity index (χ4v) is 4.34. The molecule has 0 aromatic heterocycles. The van der Waals surface area contributed by atoms with Gasteiger partial charge in [0.05, 0.1) is 0 Å². The van der Waals surface area contributed by atoms with E-state index in [2.05, 4.69) is 43.0 Å². The van der Waals surface area contributed by atoms with Gasteiger partial charge in [-0.25, -0.2) is 0 Å². The minimum atomic E-state index is 0.715. The van der Waals surface area contributed by atoms with Gasteiger partial charge in [0.1, 0.15) is 0 Å². The second-order valence-electron chi connectivity index (χ2n) is 7.02. The zero-order valence-corrected chi connectivity index (χ0v) is 13.1. The van der Waals surface area contributed by atoms with Crippen molar-refractivity contribution >= 4 is 0 Å². The largest absolute Gasteiger partial charge is 0.301 e. The summed E-state index contributed by atoms with van der Waals surface area (Å²) in [5.74, 6) is 1.76. The van der Waals surface area contributed by atoms with Crippen LogP contribution in [-0.2, 0) is 6.42 Å². The number of hydrogen-bond donors (Lipinski definition) is 0. The molecular formula is C19H29N. The van der Waals surface area contributed by atoms with E-state index in [0.29, 0.717) is 6.04 Å². The van der Waals surface area contributed by atoms with Gasteiger partial charge >= 0.3 is 0 Å². The fourth-order valence-electron chi connectivity index (χ4n) is 4.34. The molecule has 1 heterocycles. The van der Waals surface area contributed by atoms with Crippen molar-refractivity contribution in [1.29, 1.82) is 0 Å². The third-order valence-electron chi connectivity index (χ3n) is 5.52. The van der Waals surface area contributed by atoms with E-state index in [1.54, 1.807) is 11.1 Å². The van der Waals surface area contributed by atoms with Gasteiger partial charge in [0.2, 0.25) is 0 Å². The maximum atomic E-state index is 2.68. The van der Waals surface area contributed by atoms with Gasteiger partial charge < -0.3 is 4.90 Å². The van der Waals surface area contributed by atoms with Crippen molar-refractivity contribution in [1.82, 2.24) is 4.90 Å². The van der Waals surface area contributed by atoms with Crippen LogP contribution in [0.1, 0.15) is 63.0 Å². The van der Waals surface area contributed by atoms with Crippen LogP contribution in [0.2, 0.25) is 0 Å². The van der Waals surface area contributed by atoms with E-state index in [1.807, 2.05) is 0 Å². The second-order valence-corrected chi connectivity index (χ2v) is 7.02. The van der Waals surface area contributed by atoms with Gasteiger partial charge in [0, 0.05) is 6.04 Å². The average Bonchev–Trinajstić information content (AvgIpc) is 2.72. The van der Waals surface area contributed by atoms with Crippen molar-refractivity contribution in [3.05, 3.63) is 35.4 Å². The van der Waals surface area contributed by atoms with Crippen molar-refractivity contribution < 1.29 is 0 Å². The molecule has 0 N–H and O–H groups in total. The highest BCUT2D eigenvalue weighted by atomic mass is 15.1. The summed E-state index contributed by atoms with van der Waals surface area (Å²) in [6, 6.07) is 9.94. The van der Waals surface area contributed by atoms with Crippen LogP contribution >= 0.6 is 0 Å². The van der Waals surface area contributed by atoms with Gasteiger partial charge in [-0.2, -0.15) is 0 Å². The molecule has 110 valence electrons. The van der Waals surface area contributed by atoms with Crippen LogP contribution in [0.4, 0.5) is 0 Å². The molecule has 1 nitrogen and oxygen atoms in total. The molecule has 0 saturated carbocycles. The molecule has 1 aromatic rings. The Bertz CT molecular complexity index is 437. The number of hydrogen-bond acceptors (Lipinski definition) is 1. The Morgan fingerprint density at radius 3 is 2.70 bits per heavy atom. The summed E-state index contributed by atoms with van der Waals surface area (Å²) in [4.78, 5) is 2.68. The zero-order chi connectivity index (χ0) is 13.9. The fraction of sp³-hybridized carbons (Fsp3) is 0.684. The minimum Gasteiger partial charge on any atom is -0.301 e. The summed E-state index contributed by atoms with van der Waals surface area (Å²) >= 11 is 0. The van der Waals surface area contributed by atoms with E-state index in [9.17, 15) is 0 Å². The number of fused-ring (bicyclic) bond motifs is 1. The minimum absolute atomic E-state index is 0.715. The lowest BCUT2D eigenvalue weighted by atomic mass is 9.73. The van der Waals surface area contributed by atoms with Crippen molar-refractivity contribution in [2.24, 2.45) is 5.92 Å². The molecule has 0 spiro atoms. The van der Waals surface area contributed by atoms with Crippen LogP contribution in [0.25, 0.3) is 0 Å². The van der Waals surface area contributed by atoms with Crippen molar-refractivity contribution in [2.45, 2.75) is 64.3 Å². The predicted molar refractivity (Wildman–Crippen MR) is 86.2 cm³/mol. The Labute approximate surface area is 124 Å². The first-order chi connectivity index (χ1) is 9.75. The van der Waals surface area contributed by atoms with Crippen LogP contribution < -0.4 is 0 Å². The van der Waals surface area contributed by atoms with E-state index in [1.165, 1.54) is 51.6 Å². The topological polar surface area (TPSA) is 3.24 Å². The van der Waals surface area contributed by atoms with Gasteiger partial charge in [-0.1, -0.05) is 24.3 Å². The number of benzene rings is 1. The van der Waals surface area contributed by atoms with Crippen LogP contribution in [0.5, 0.6) is 0 Å². The molecule has 20 heavy (non-hydrogen) atoms. The lowest BCUT2D eigenvalue weighted by molar-refractivity contribution is 0.224. The molecule has 1 fully saturated rings. The van der Waals surface area contributed by atoms with E-state index in [-0.39, 0.29) is 0 Å². The lowest BCUT2D eigenvalue weighted by Gasteiger charge is -2.32. The van der Waals surface area contributed by atoms with Crippen LogP contribution in [0, 0.1) is 5.92 Å². The third-order valence-corrected chi connectivity index (χ3v) is 5.52. The summed E-state index contributed by atoms with van der Waals surface area (Å²) in [6.07, 6.45) is 8.34. The number of aryl methyl sites for hydroxylation is 1. The number of nitrogens with zero attached hydrogens (tertiary/aromatic N) is 1. The Morgan fingerprint density at radius 2 is 1.85 bits per heavy atom. The first kappa shape index (κ1) is 14.1. The van der Waals surface area contributed by atoms with E-state index < -0.39 is 0 Å². The molecule has 0 amide bonds. The molecule has 1 saturated heterocycles. The normalized spacial score (nSPS) is 28.1. The van der Waals surface area contributed by atoms with Gasteiger partial charge in [-0.15, -0.1) is 0 Å². The Balaban J connectivity index is 1.74. The van der Waals surface area contributed by atoms with Crippen molar-refractivity contribution in [2.75, 3.05) is 13.1 Å². The molecule has 1 aliphatic heterocycles. The molecule has 1 heteroatoms.